The van der Waals surface area contributed by atoms with E-state index < -0.39 is 5.41 Å². The molecule has 88 valence electrons. The zero-order chi connectivity index (χ0) is 11.8. The van der Waals surface area contributed by atoms with Gasteiger partial charge in [0.15, 0.2) is 0 Å². The SMILES string of the molecule is CC(C)C1CCN(C(=O)C2(C#N)CCC2)C1. The first-order chi connectivity index (χ1) is 7.59. The third kappa shape index (κ3) is 1.71. The molecule has 1 saturated heterocycles. The van der Waals surface area contributed by atoms with Crippen LogP contribution in [0.3, 0.4) is 0 Å². The Kier molecular flexibility index (Phi) is 2.92. The van der Waals surface area contributed by atoms with E-state index in [0.29, 0.717) is 11.8 Å². The Bertz CT molecular complexity index is 325. The molecule has 1 aliphatic carbocycles. The molecule has 0 aromatic heterocycles. The Morgan fingerprint density at radius 1 is 1.50 bits per heavy atom. The largest absolute Gasteiger partial charge is 0.341 e. The lowest BCUT2D eigenvalue weighted by atomic mass is 9.69. The Labute approximate surface area is 97.4 Å². The van der Waals surface area contributed by atoms with Crippen molar-refractivity contribution in [3.63, 3.8) is 0 Å². The van der Waals surface area contributed by atoms with Crippen molar-refractivity contribution < 1.29 is 4.79 Å². The number of likely N-dealkylation sites (tertiary alicyclic amines) is 1. The van der Waals surface area contributed by atoms with Crippen LogP contribution in [0.2, 0.25) is 0 Å². The molecule has 1 saturated carbocycles. The van der Waals surface area contributed by atoms with E-state index in [-0.39, 0.29) is 5.91 Å². The normalized spacial score (nSPS) is 27.6. The number of hydrogen-bond donors (Lipinski definition) is 0. The van der Waals surface area contributed by atoms with Crippen molar-refractivity contribution in [1.29, 1.82) is 5.26 Å². The highest BCUT2D eigenvalue weighted by Crippen LogP contribution is 2.43. The first-order valence-electron chi connectivity index (χ1n) is 6.30. The van der Waals surface area contributed by atoms with E-state index in [1.807, 2.05) is 4.90 Å². The second-order valence-corrected chi connectivity index (χ2v) is 5.59. The molecule has 0 N–H and O–H groups in total. The van der Waals surface area contributed by atoms with Gasteiger partial charge in [-0.3, -0.25) is 4.79 Å². The molecule has 0 aromatic rings. The third-order valence-electron chi connectivity index (χ3n) is 4.29. The highest BCUT2D eigenvalue weighted by atomic mass is 16.2. The van der Waals surface area contributed by atoms with Gasteiger partial charge in [0.2, 0.25) is 5.91 Å². The topological polar surface area (TPSA) is 44.1 Å². The summed E-state index contributed by atoms with van der Waals surface area (Å²) >= 11 is 0. The molecular formula is C13H20N2O. The molecule has 0 spiro atoms. The van der Waals surface area contributed by atoms with Crippen LogP contribution in [0.4, 0.5) is 0 Å². The van der Waals surface area contributed by atoms with E-state index in [9.17, 15) is 4.79 Å². The zero-order valence-electron chi connectivity index (χ0n) is 10.2. The fourth-order valence-corrected chi connectivity index (χ4v) is 2.72. The molecule has 2 fully saturated rings. The molecule has 2 aliphatic rings. The van der Waals surface area contributed by atoms with E-state index >= 15 is 0 Å². The molecule has 1 amide bonds. The van der Waals surface area contributed by atoms with E-state index in [0.717, 1.165) is 38.8 Å². The van der Waals surface area contributed by atoms with Gasteiger partial charge in [0, 0.05) is 13.1 Å². The molecule has 0 bridgehead atoms. The lowest BCUT2D eigenvalue weighted by molar-refractivity contribution is -0.142. The molecule has 16 heavy (non-hydrogen) atoms. The van der Waals surface area contributed by atoms with Gasteiger partial charge in [-0.05, 0) is 37.5 Å². The first-order valence-corrected chi connectivity index (χ1v) is 6.30. The molecule has 3 nitrogen and oxygen atoms in total. The van der Waals surface area contributed by atoms with Crippen LogP contribution in [0.5, 0.6) is 0 Å². The monoisotopic (exact) mass is 220 g/mol. The number of hydrogen-bond acceptors (Lipinski definition) is 2. The summed E-state index contributed by atoms with van der Waals surface area (Å²) in [4.78, 5) is 14.2. The van der Waals surface area contributed by atoms with Gasteiger partial charge in [-0.15, -0.1) is 0 Å². The van der Waals surface area contributed by atoms with Gasteiger partial charge in [-0.1, -0.05) is 13.8 Å². The lowest BCUT2D eigenvalue weighted by Gasteiger charge is -2.36. The summed E-state index contributed by atoms with van der Waals surface area (Å²) in [6.07, 6.45) is 3.67. The second-order valence-electron chi connectivity index (χ2n) is 5.59. The average Bonchev–Trinajstić information content (AvgIpc) is 2.65. The third-order valence-corrected chi connectivity index (χ3v) is 4.29. The Morgan fingerprint density at radius 2 is 2.19 bits per heavy atom. The second kappa shape index (κ2) is 4.08. The zero-order valence-corrected chi connectivity index (χ0v) is 10.2. The van der Waals surface area contributed by atoms with Crippen molar-refractivity contribution in [1.82, 2.24) is 4.90 Å². The molecular weight excluding hydrogens is 200 g/mol. The van der Waals surface area contributed by atoms with E-state index in [4.69, 9.17) is 5.26 Å². The molecule has 0 radical (unpaired) electrons. The van der Waals surface area contributed by atoms with Crippen LogP contribution in [-0.4, -0.2) is 23.9 Å². The molecule has 1 unspecified atom stereocenters. The van der Waals surface area contributed by atoms with Gasteiger partial charge in [0.25, 0.3) is 0 Å². The number of amides is 1. The molecule has 3 heteroatoms. The van der Waals surface area contributed by atoms with E-state index in [1.54, 1.807) is 0 Å². The summed E-state index contributed by atoms with van der Waals surface area (Å²) in [6.45, 7) is 6.13. The van der Waals surface area contributed by atoms with E-state index in [1.165, 1.54) is 0 Å². The molecule has 1 atom stereocenters. The van der Waals surface area contributed by atoms with Crippen molar-refractivity contribution in [2.24, 2.45) is 17.3 Å². The van der Waals surface area contributed by atoms with Crippen molar-refractivity contribution in [2.75, 3.05) is 13.1 Å². The minimum atomic E-state index is -0.647. The fraction of sp³-hybridized carbons (Fsp3) is 0.846. The summed E-state index contributed by atoms with van der Waals surface area (Å²) in [5, 5.41) is 9.14. The highest BCUT2D eigenvalue weighted by Gasteiger charge is 2.48. The van der Waals surface area contributed by atoms with Crippen molar-refractivity contribution in [3.8, 4) is 6.07 Å². The van der Waals surface area contributed by atoms with Crippen LogP contribution in [0.1, 0.15) is 39.5 Å². The summed E-state index contributed by atoms with van der Waals surface area (Å²) < 4.78 is 0. The van der Waals surface area contributed by atoms with Gasteiger partial charge in [0.1, 0.15) is 5.41 Å². The summed E-state index contributed by atoms with van der Waals surface area (Å²) in [5.41, 5.74) is -0.647. The Balaban J connectivity index is 2.00. The van der Waals surface area contributed by atoms with Crippen molar-refractivity contribution in [3.05, 3.63) is 0 Å². The fourth-order valence-electron chi connectivity index (χ4n) is 2.72. The summed E-state index contributed by atoms with van der Waals surface area (Å²) in [6, 6.07) is 2.24. The van der Waals surface area contributed by atoms with Gasteiger partial charge in [0.05, 0.1) is 6.07 Å². The number of rotatable bonds is 2. The van der Waals surface area contributed by atoms with Gasteiger partial charge in [-0.25, -0.2) is 0 Å². The van der Waals surface area contributed by atoms with Crippen LogP contribution < -0.4 is 0 Å². The standard InChI is InChI=1S/C13H20N2O/c1-10(2)11-4-7-15(8-11)12(16)13(9-14)5-3-6-13/h10-11H,3-8H2,1-2H3. The Morgan fingerprint density at radius 3 is 2.56 bits per heavy atom. The van der Waals surface area contributed by atoms with Gasteiger partial charge in [-0.2, -0.15) is 5.26 Å². The predicted octanol–water partition coefficient (Wildman–Crippen LogP) is 2.18. The number of carbonyl (C=O) groups is 1. The van der Waals surface area contributed by atoms with Crippen LogP contribution in [0.15, 0.2) is 0 Å². The van der Waals surface area contributed by atoms with Crippen LogP contribution in [-0.2, 0) is 4.79 Å². The van der Waals surface area contributed by atoms with Crippen LogP contribution in [0, 0.1) is 28.6 Å². The highest BCUT2D eigenvalue weighted by molar-refractivity contribution is 5.86. The number of nitrogens with zero attached hydrogens (tertiary/aromatic N) is 2. The minimum Gasteiger partial charge on any atom is -0.341 e. The molecule has 1 heterocycles. The maximum absolute atomic E-state index is 12.3. The lowest BCUT2D eigenvalue weighted by Crippen LogP contribution is -2.46. The first kappa shape index (κ1) is 11.4. The molecule has 2 rings (SSSR count). The quantitative estimate of drug-likeness (QED) is 0.716. The molecule has 0 aromatic carbocycles. The minimum absolute atomic E-state index is 0.101. The summed E-state index contributed by atoms with van der Waals surface area (Å²) in [5.74, 6) is 1.36. The average molecular weight is 220 g/mol. The van der Waals surface area contributed by atoms with E-state index in [2.05, 4.69) is 19.9 Å². The van der Waals surface area contributed by atoms with Gasteiger partial charge < -0.3 is 4.90 Å². The maximum atomic E-state index is 12.3. The maximum Gasteiger partial charge on any atom is 0.243 e. The molecule has 1 aliphatic heterocycles. The number of carbonyl (C=O) groups excluding carboxylic acids is 1. The smallest absolute Gasteiger partial charge is 0.243 e. The van der Waals surface area contributed by atoms with Crippen LogP contribution >= 0.6 is 0 Å². The van der Waals surface area contributed by atoms with Crippen molar-refractivity contribution in [2.45, 2.75) is 39.5 Å². The number of nitriles is 1. The van der Waals surface area contributed by atoms with Crippen molar-refractivity contribution >= 4 is 5.91 Å². The Hall–Kier alpha value is -1.04. The van der Waals surface area contributed by atoms with Gasteiger partial charge >= 0.3 is 0 Å². The predicted molar refractivity (Wildman–Crippen MR) is 61.4 cm³/mol. The van der Waals surface area contributed by atoms with Crippen LogP contribution in [0.25, 0.3) is 0 Å². The summed E-state index contributed by atoms with van der Waals surface area (Å²) in [7, 11) is 0.